The van der Waals surface area contributed by atoms with Gasteiger partial charge in [0, 0.05) is 24.5 Å². The monoisotopic (exact) mass is 375 g/mol. The molecule has 0 fully saturated rings. The highest BCUT2D eigenvalue weighted by Gasteiger charge is 2.45. The van der Waals surface area contributed by atoms with Crippen molar-refractivity contribution < 1.29 is 27.8 Å². The summed E-state index contributed by atoms with van der Waals surface area (Å²) in [7, 11) is 0. The van der Waals surface area contributed by atoms with E-state index in [0.717, 1.165) is 6.07 Å². The summed E-state index contributed by atoms with van der Waals surface area (Å²) in [5.41, 5.74) is 0.379. The van der Waals surface area contributed by atoms with Crippen molar-refractivity contribution in [1.29, 1.82) is 0 Å². The molecule has 1 aromatic heterocycles. The van der Waals surface area contributed by atoms with Crippen molar-refractivity contribution in [3.8, 4) is 11.5 Å². The molecule has 3 aliphatic rings. The maximum Gasteiger partial charge on any atom is 0.586 e. The predicted molar refractivity (Wildman–Crippen MR) is 85.2 cm³/mol. The van der Waals surface area contributed by atoms with Gasteiger partial charge in [-0.05, 0) is 12.5 Å². The van der Waals surface area contributed by atoms with Gasteiger partial charge in [-0.15, -0.1) is 13.9 Å². The van der Waals surface area contributed by atoms with E-state index < -0.39 is 24.5 Å². The average Bonchev–Trinajstić information content (AvgIpc) is 3.26. The molecule has 3 aliphatic heterocycles. The number of ether oxygens (including phenoxy) is 3. The van der Waals surface area contributed by atoms with Crippen LogP contribution in [0.15, 0.2) is 47.2 Å². The molecule has 27 heavy (non-hydrogen) atoms. The van der Waals surface area contributed by atoms with Crippen molar-refractivity contribution in [3.05, 3.63) is 42.5 Å². The van der Waals surface area contributed by atoms with E-state index in [1.807, 2.05) is 6.08 Å². The molecule has 0 radical (unpaired) electrons. The van der Waals surface area contributed by atoms with Crippen LogP contribution in [0.2, 0.25) is 0 Å². The van der Waals surface area contributed by atoms with Crippen molar-refractivity contribution in [2.75, 3.05) is 5.32 Å². The minimum absolute atomic E-state index is 0.0775. The van der Waals surface area contributed by atoms with Crippen LogP contribution in [0.5, 0.6) is 11.5 Å². The van der Waals surface area contributed by atoms with Gasteiger partial charge in [0.25, 0.3) is 0 Å². The zero-order chi connectivity index (χ0) is 18.6. The van der Waals surface area contributed by atoms with Gasteiger partial charge in [-0.2, -0.15) is 5.11 Å². The molecule has 5 rings (SSSR count). The Hall–Kier alpha value is -3.50. The molecule has 0 saturated carbocycles. The number of imidazole rings is 1. The number of hydrogen-bond acceptors (Lipinski definition) is 8. The van der Waals surface area contributed by atoms with E-state index in [4.69, 9.17) is 4.74 Å². The van der Waals surface area contributed by atoms with Crippen molar-refractivity contribution in [1.82, 2.24) is 9.55 Å². The summed E-state index contributed by atoms with van der Waals surface area (Å²) in [6.07, 6.45) is 2.69. The van der Waals surface area contributed by atoms with Crippen LogP contribution in [0.1, 0.15) is 16.8 Å². The first-order valence-corrected chi connectivity index (χ1v) is 7.99. The van der Waals surface area contributed by atoms with E-state index in [1.165, 1.54) is 6.07 Å². The Bertz CT molecular complexity index is 989. The summed E-state index contributed by atoms with van der Waals surface area (Å²) in [6, 6.07) is 1.98. The number of anilines is 1. The number of carbonyl (C=O) groups excluding carboxylic acids is 1. The van der Waals surface area contributed by atoms with Gasteiger partial charge in [0.1, 0.15) is 12.4 Å². The molecule has 0 bridgehead atoms. The fraction of sp³-hybridized carbons (Fsp3) is 0.250. The van der Waals surface area contributed by atoms with E-state index in [9.17, 15) is 13.6 Å². The molecule has 0 spiro atoms. The van der Waals surface area contributed by atoms with Crippen molar-refractivity contribution in [2.45, 2.75) is 25.0 Å². The second-order valence-corrected chi connectivity index (χ2v) is 6.03. The Balaban J connectivity index is 1.37. The first-order chi connectivity index (χ1) is 13.0. The summed E-state index contributed by atoms with van der Waals surface area (Å²) >= 11 is 0. The molecule has 0 aliphatic carbocycles. The molecule has 0 saturated heterocycles. The molecule has 2 atom stereocenters. The van der Waals surface area contributed by atoms with E-state index in [-0.39, 0.29) is 17.1 Å². The van der Waals surface area contributed by atoms with Gasteiger partial charge in [-0.1, -0.05) is 0 Å². The van der Waals surface area contributed by atoms with E-state index in [1.54, 1.807) is 23.3 Å². The molecule has 1 N–H and O–H groups in total. The number of halogens is 2. The summed E-state index contributed by atoms with van der Waals surface area (Å²) in [5, 5.41) is 11.3. The van der Waals surface area contributed by atoms with Crippen LogP contribution in [0.3, 0.4) is 0 Å². The third-order valence-corrected chi connectivity index (χ3v) is 4.26. The molecule has 0 amide bonds. The number of nitrogens with zero attached hydrogens (tertiary/aromatic N) is 4. The lowest BCUT2D eigenvalue weighted by molar-refractivity contribution is -0.286. The van der Waals surface area contributed by atoms with Crippen molar-refractivity contribution >= 4 is 17.5 Å². The first-order valence-electron chi connectivity index (χ1n) is 7.99. The summed E-state index contributed by atoms with van der Waals surface area (Å²) in [5.74, 6) is -0.444. The molecule has 2 unspecified atom stereocenters. The Labute approximate surface area is 150 Å². The smallest absolute Gasteiger partial charge is 0.436 e. The fourth-order valence-corrected chi connectivity index (χ4v) is 3.00. The lowest BCUT2D eigenvalue weighted by Crippen LogP contribution is -2.40. The third-order valence-electron chi connectivity index (χ3n) is 4.26. The van der Waals surface area contributed by atoms with Gasteiger partial charge in [-0.3, -0.25) is 4.57 Å². The molecule has 2 aromatic rings. The Morgan fingerprint density at radius 2 is 2.07 bits per heavy atom. The molecule has 138 valence electrons. The zero-order valence-corrected chi connectivity index (χ0v) is 13.5. The minimum atomic E-state index is -3.76. The summed E-state index contributed by atoms with van der Waals surface area (Å²) in [6.45, 7) is 0. The summed E-state index contributed by atoms with van der Waals surface area (Å²) in [4.78, 5) is 16.2. The van der Waals surface area contributed by atoms with Gasteiger partial charge in [0.05, 0.1) is 11.3 Å². The van der Waals surface area contributed by atoms with Crippen LogP contribution in [0.25, 0.3) is 5.82 Å². The quantitative estimate of drug-likeness (QED) is 0.811. The number of nitrogens with one attached hydrogen (secondary N) is 1. The standard InChI is InChI=1S/C16H11F2N5O4/c17-16(18)26-11-5-8-10(6-12(11)27-16)20-14(25-15(8)24)9-1-2-13(22-21-9)23-4-3-19-7-23/h2-7,9,14,20H,1H2. The first kappa shape index (κ1) is 15.7. The molecule has 4 heterocycles. The molecule has 9 nitrogen and oxygen atoms in total. The van der Waals surface area contributed by atoms with Gasteiger partial charge < -0.3 is 19.5 Å². The maximum atomic E-state index is 13.2. The number of esters is 1. The Kier molecular flexibility index (Phi) is 3.20. The second-order valence-electron chi connectivity index (χ2n) is 6.03. The van der Waals surface area contributed by atoms with Gasteiger partial charge >= 0.3 is 12.3 Å². The Morgan fingerprint density at radius 3 is 2.78 bits per heavy atom. The zero-order valence-electron chi connectivity index (χ0n) is 13.5. The highest BCUT2D eigenvalue weighted by atomic mass is 19.3. The van der Waals surface area contributed by atoms with Crippen LogP contribution in [0.4, 0.5) is 14.5 Å². The average molecular weight is 375 g/mol. The van der Waals surface area contributed by atoms with Crippen LogP contribution >= 0.6 is 0 Å². The number of cyclic esters (lactones) is 1. The predicted octanol–water partition coefficient (Wildman–Crippen LogP) is 2.84. The minimum Gasteiger partial charge on any atom is -0.436 e. The SMILES string of the molecule is O=C1OC(C2CC=C(n3ccnc3)N=N2)Nc2cc3c(cc21)OC(F)(F)O3. The molecule has 11 heteroatoms. The van der Waals surface area contributed by atoms with Gasteiger partial charge in [-0.25, -0.2) is 9.78 Å². The number of rotatable bonds is 2. The molecular formula is C16H11F2N5O4. The summed E-state index contributed by atoms with van der Waals surface area (Å²) < 4.78 is 42.3. The number of carbonyl (C=O) groups is 1. The van der Waals surface area contributed by atoms with E-state index >= 15 is 0 Å². The fourth-order valence-electron chi connectivity index (χ4n) is 3.00. The number of alkyl halides is 2. The Morgan fingerprint density at radius 1 is 1.26 bits per heavy atom. The lowest BCUT2D eigenvalue weighted by Gasteiger charge is -2.30. The van der Waals surface area contributed by atoms with Crippen LogP contribution in [0, 0.1) is 0 Å². The highest BCUT2D eigenvalue weighted by molar-refractivity contribution is 5.98. The van der Waals surface area contributed by atoms with Crippen molar-refractivity contribution in [2.24, 2.45) is 10.2 Å². The van der Waals surface area contributed by atoms with Gasteiger partial charge in [0.15, 0.2) is 23.5 Å². The second kappa shape index (κ2) is 5.50. The van der Waals surface area contributed by atoms with Gasteiger partial charge in [0.2, 0.25) is 0 Å². The molecule has 1 aromatic carbocycles. The van der Waals surface area contributed by atoms with Crippen LogP contribution < -0.4 is 14.8 Å². The number of hydrogen-bond donors (Lipinski definition) is 1. The highest BCUT2D eigenvalue weighted by Crippen LogP contribution is 2.45. The molecular weight excluding hydrogens is 364 g/mol. The normalized spacial score (nSPS) is 24.7. The lowest BCUT2D eigenvalue weighted by atomic mass is 10.1. The number of fused-ring (bicyclic) bond motifs is 2. The topological polar surface area (TPSA) is 99.3 Å². The van der Waals surface area contributed by atoms with Crippen LogP contribution in [-0.2, 0) is 4.74 Å². The third kappa shape index (κ3) is 2.67. The number of azo groups is 1. The largest absolute Gasteiger partial charge is 0.586 e. The maximum absolute atomic E-state index is 13.2. The number of aromatic nitrogens is 2. The van der Waals surface area contributed by atoms with Crippen LogP contribution in [-0.4, -0.2) is 34.1 Å². The van der Waals surface area contributed by atoms with Crippen molar-refractivity contribution in [3.63, 3.8) is 0 Å². The van der Waals surface area contributed by atoms with E-state index in [0.29, 0.717) is 17.9 Å². The van der Waals surface area contributed by atoms with E-state index in [2.05, 4.69) is 30.0 Å². The number of benzene rings is 1.